The summed E-state index contributed by atoms with van der Waals surface area (Å²) >= 11 is 0. The van der Waals surface area contributed by atoms with Gasteiger partial charge in [0.15, 0.2) is 17.4 Å². The van der Waals surface area contributed by atoms with Crippen molar-refractivity contribution < 1.29 is 31.5 Å². The van der Waals surface area contributed by atoms with Crippen molar-refractivity contribution in [1.82, 2.24) is 24.1 Å². The van der Waals surface area contributed by atoms with Crippen LogP contribution in [0.15, 0.2) is 77.8 Å². The van der Waals surface area contributed by atoms with E-state index in [0.29, 0.717) is 69.7 Å². The lowest BCUT2D eigenvalue weighted by atomic mass is 9.96. The Balaban J connectivity index is 0.911. The van der Waals surface area contributed by atoms with Crippen molar-refractivity contribution in [3.63, 3.8) is 0 Å². The Hall–Kier alpha value is -4.86. The molecule has 3 aliphatic heterocycles. The van der Waals surface area contributed by atoms with Gasteiger partial charge in [0.1, 0.15) is 18.9 Å². The van der Waals surface area contributed by atoms with Gasteiger partial charge in [-0.15, -0.1) is 0 Å². The van der Waals surface area contributed by atoms with Gasteiger partial charge in [-0.3, -0.25) is 0 Å². The molecule has 1 amide bonds. The Kier molecular flexibility index (Phi) is 11.3. The van der Waals surface area contributed by atoms with E-state index in [-0.39, 0.29) is 46.6 Å². The van der Waals surface area contributed by atoms with Gasteiger partial charge >= 0.3 is 6.09 Å². The van der Waals surface area contributed by atoms with Gasteiger partial charge in [0, 0.05) is 63.1 Å². The molecule has 1 N–H and O–H groups in total. The van der Waals surface area contributed by atoms with Crippen LogP contribution in [0.4, 0.5) is 30.9 Å². The second kappa shape index (κ2) is 16.2. The van der Waals surface area contributed by atoms with Gasteiger partial charge in [0.2, 0.25) is 16.0 Å². The monoisotopic (exact) mass is 761 g/mol. The molecule has 0 spiro atoms. The van der Waals surface area contributed by atoms with Crippen molar-refractivity contribution >= 4 is 33.4 Å². The van der Waals surface area contributed by atoms with Crippen molar-refractivity contribution in [2.75, 3.05) is 69.2 Å². The van der Waals surface area contributed by atoms with E-state index in [9.17, 15) is 13.2 Å². The molecule has 2 fully saturated rings. The average Bonchev–Trinajstić information content (AvgIpc) is 3.18. The summed E-state index contributed by atoms with van der Waals surface area (Å²) in [6, 6.07) is 18.8. The molecule has 0 aliphatic carbocycles. The normalized spacial score (nSPS) is 17.3. The highest BCUT2D eigenvalue weighted by atomic mass is 32.2. The highest BCUT2D eigenvalue weighted by Crippen LogP contribution is 2.39. The third-order valence-electron chi connectivity index (χ3n) is 10.2. The van der Waals surface area contributed by atoms with Crippen molar-refractivity contribution in [3.8, 4) is 17.0 Å². The Morgan fingerprint density at radius 2 is 1.67 bits per heavy atom. The van der Waals surface area contributed by atoms with Crippen LogP contribution in [0, 0.1) is 17.6 Å². The van der Waals surface area contributed by atoms with Gasteiger partial charge < -0.3 is 29.5 Å². The highest BCUT2D eigenvalue weighted by molar-refractivity contribution is 7.89. The van der Waals surface area contributed by atoms with Crippen molar-refractivity contribution in [1.29, 1.82) is 0 Å². The number of amides is 1. The summed E-state index contributed by atoms with van der Waals surface area (Å²) in [4.78, 5) is 27.2. The zero-order chi connectivity index (χ0) is 37.8. The number of hydrogen-bond donors (Lipinski definition) is 1. The number of aromatic nitrogens is 2. The first-order chi connectivity index (χ1) is 26.0. The number of carbonyl (C=O) groups excluding carboxylic acids is 1. The fraction of sp³-hybridized carbons (Fsp3) is 0.410. The SMILES string of the molecule is CC(C)N1CCOc2c(F)cc(-c3nc(Nc4ccc(S(=O)(=O)N5CCN(CC6CCN(C(=O)OCc7ccccc7)CC6)CC5)cc4)ncc3F)cc21. The maximum absolute atomic E-state index is 15.1. The molecular weight excluding hydrogens is 717 g/mol. The molecule has 0 saturated carbocycles. The van der Waals surface area contributed by atoms with E-state index in [1.807, 2.05) is 49.1 Å². The zero-order valence-corrected chi connectivity index (χ0v) is 31.3. The smallest absolute Gasteiger partial charge is 0.410 e. The number of likely N-dealkylation sites (tertiary alicyclic amines) is 1. The average molecular weight is 762 g/mol. The first-order valence-corrected chi connectivity index (χ1v) is 19.8. The number of carbonyl (C=O) groups is 1. The Bertz CT molecular complexity index is 2040. The molecule has 3 aromatic carbocycles. The molecule has 7 rings (SSSR count). The van der Waals surface area contributed by atoms with Gasteiger partial charge in [-0.2, -0.15) is 4.31 Å². The van der Waals surface area contributed by atoms with Crippen molar-refractivity contribution in [3.05, 3.63) is 90.1 Å². The van der Waals surface area contributed by atoms with Gasteiger partial charge in [-0.1, -0.05) is 30.3 Å². The molecule has 0 radical (unpaired) electrons. The molecule has 4 aromatic rings. The number of hydrogen-bond acceptors (Lipinski definition) is 10. The van der Waals surface area contributed by atoms with E-state index in [1.54, 1.807) is 23.1 Å². The van der Waals surface area contributed by atoms with E-state index in [1.165, 1.54) is 22.5 Å². The predicted octanol–water partition coefficient (Wildman–Crippen LogP) is 6.13. The number of nitrogens with zero attached hydrogens (tertiary/aromatic N) is 6. The molecule has 54 heavy (non-hydrogen) atoms. The lowest BCUT2D eigenvalue weighted by Gasteiger charge is -2.38. The number of fused-ring (bicyclic) bond motifs is 1. The van der Waals surface area contributed by atoms with Crippen LogP contribution in [0.1, 0.15) is 32.3 Å². The Morgan fingerprint density at radius 1 is 0.944 bits per heavy atom. The summed E-state index contributed by atoms with van der Waals surface area (Å²) in [7, 11) is -3.73. The van der Waals surface area contributed by atoms with Gasteiger partial charge in [-0.25, -0.2) is 32.0 Å². The van der Waals surface area contributed by atoms with Crippen LogP contribution >= 0.6 is 0 Å². The number of ether oxygens (including phenoxy) is 2. The summed E-state index contributed by atoms with van der Waals surface area (Å²) in [6.45, 7) is 9.34. The number of halogens is 2. The molecule has 0 unspecified atom stereocenters. The van der Waals surface area contributed by atoms with Crippen LogP contribution < -0.4 is 15.0 Å². The maximum Gasteiger partial charge on any atom is 0.410 e. The number of rotatable bonds is 10. The first-order valence-electron chi connectivity index (χ1n) is 18.4. The molecule has 0 atom stereocenters. The minimum atomic E-state index is -3.73. The van der Waals surface area contributed by atoms with E-state index in [2.05, 4.69) is 20.2 Å². The lowest BCUT2D eigenvalue weighted by molar-refractivity contribution is 0.0744. The van der Waals surface area contributed by atoms with Crippen molar-refractivity contribution in [2.24, 2.45) is 5.92 Å². The van der Waals surface area contributed by atoms with Crippen LogP contribution in [0.25, 0.3) is 11.3 Å². The predicted molar refractivity (Wildman–Crippen MR) is 201 cm³/mol. The van der Waals surface area contributed by atoms with E-state index < -0.39 is 21.7 Å². The summed E-state index contributed by atoms with van der Waals surface area (Å²) in [6.07, 6.45) is 2.49. The Morgan fingerprint density at radius 3 is 2.37 bits per heavy atom. The quantitative estimate of drug-likeness (QED) is 0.202. The molecule has 15 heteroatoms. The largest absolute Gasteiger partial charge is 0.486 e. The number of anilines is 3. The summed E-state index contributed by atoms with van der Waals surface area (Å²) < 4.78 is 69.8. The number of benzene rings is 3. The van der Waals surface area contributed by atoms with E-state index in [0.717, 1.165) is 31.1 Å². The topological polar surface area (TPSA) is 120 Å². The van der Waals surface area contributed by atoms with Crippen molar-refractivity contribution in [2.45, 2.75) is 44.2 Å². The van der Waals surface area contributed by atoms with E-state index >= 15 is 8.78 Å². The van der Waals surface area contributed by atoms with Crippen LogP contribution in [-0.2, 0) is 21.4 Å². The number of nitrogens with one attached hydrogen (secondary N) is 1. The number of piperazine rings is 1. The standard InChI is InChI=1S/C39H45F2N7O5S/c1-27(2)48-20-21-52-37-33(40)22-30(23-35(37)48)36-34(41)24-42-38(44-36)43-31-8-10-32(11-9-31)54(50,51)47-18-16-45(17-19-47)25-28-12-14-46(15-13-28)39(49)53-26-29-6-4-3-5-7-29/h3-11,22-24,27-28H,12-21,25-26H2,1-2H3,(H,42,43,44). The van der Waals surface area contributed by atoms with Crippen LogP contribution in [-0.4, -0.2) is 104 Å². The van der Waals surface area contributed by atoms with Gasteiger partial charge in [0.05, 0.1) is 23.3 Å². The fourth-order valence-corrected chi connectivity index (χ4v) is 8.64. The van der Waals surface area contributed by atoms with Crippen LogP contribution in [0.5, 0.6) is 5.75 Å². The molecule has 3 aliphatic rings. The number of sulfonamides is 1. The lowest BCUT2D eigenvalue weighted by Crippen LogP contribution is -2.50. The molecule has 2 saturated heterocycles. The van der Waals surface area contributed by atoms with Gasteiger partial charge in [-0.05, 0) is 74.6 Å². The molecule has 4 heterocycles. The third-order valence-corrected chi connectivity index (χ3v) is 12.1. The second-order valence-electron chi connectivity index (χ2n) is 14.2. The summed E-state index contributed by atoms with van der Waals surface area (Å²) in [5.74, 6) is -0.680. The molecule has 12 nitrogen and oxygen atoms in total. The molecule has 0 bridgehead atoms. The Labute approximate surface area is 314 Å². The zero-order valence-electron chi connectivity index (χ0n) is 30.5. The minimum absolute atomic E-state index is 0.0712. The third kappa shape index (κ3) is 8.43. The first kappa shape index (κ1) is 37.5. The number of piperidine rings is 1. The summed E-state index contributed by atoms with van der Waals surface area (Å²) in [5.41, 5.74) is 2.16. The highest BCUT2D eigenvalue weighted by Gasteiger charge is 2.31. The summed E-state index contributed by atoms with van der Waals surface area (Å²) in [5, 5.41) is 3.01. The van der Waals surface area contributed by atoms with Crippen LogP contribution in [0.2, 0.25) is 0 Å². The minimum Gasteiger partial charge on any atom is -0.486 e. The van der Waals surface area contributed by atoms with Gasteiger partial charge in [0.25, 0.3) is 0 Å². The molecule has 1 aromatic heterocycles. The van der Waals surface area contributed by atoms with E-state index in [4.69, 9.17) is 9.47 Å². The maximum atomic E-state index is 15.1. The molecule has 286 valence electrons. The molecular formula is C39H45F2N7O5S. The second-order valence-corrected chi connectivity index (χ2v) is 16.1. The van der Waals surface area contributed by atoms with Crippen LogP contribution in [0.3, 0.4) is 0 Å². The fourth-order valence-electron chi connectivity index (χ4n) is 7.22.